The summed E-state index contributed by atoms with van der Waals surface area (Å²) in [7, 11) is 0. The molecule has 0 bridgehead atoms. The van der Waals surface area contributed by atoms with Crippen molar-refractivity contribution in [2.75, 3.05) is 5.73 Å². The average molecular weight is 299 g/mol. The van der Waals surface area contributed by atoms with Gasteiger partial charge < -0.3 is 5.73 Å². The zero-order chi connectivity index (χ0) is 15.6. The van der Waals surface area contributed by atoms with Gasteiger partial charge in [0.1, 0.15) is 5.82 Å². The number of hydrogen-bond acceptors (Lipinski definition) is 5. The van der Waals surface area contributed by atoms with Gasteiger partial charge in [0.15, 0.2) is 5.69 Å². The lowest BCUT2D eigenvalue weighted by molar-refractivity contribution is -0.137. The van der Waals surface area contributed by atoms with Crippen LogP contribution >= 0.6 is 0 Å². The zero-order valence-corrected chi connectivity index (χ0v) is 10.2. The van der Waals surface area contributed by atoms with Gasteiger partial charge >= 0.3 is 11.9 Å². The Labute approximate surface area is 114 Å². The van der Waals surface area contributed by atoms with Gasteiger partial charge in [-0.05, 0) is 12.1 Å². The Hall–Kier alpha value is -2.91. The van der Waals surface area contributed by atoms with Crippen LogP contribution in [0.3, 0.4) is 0 Å². The molecule has 0 spiro atoms. The summed E-state index contributed by atoms with van der Waals surface area (Å²) in [6.45, 7) is 0. The summed E-state index contributed by atoms with van der Waals surface area (Å²) in [5.74, 6) is -0.392. The van der Waals surface area contributed by atoms with E-state index in [1.807, 2.05) is 4.98 Å². The maximum Gasteiger partial charge on any atom is 0.418 e. The van der Waals surface area contributed by atoms with E-state index in [-0.39, 0.29) is 0 Å². The summed E-state index contributed by atoms with van der Waals surface area (Å²) in [6.07, 6.45) is -4.61. The lowest BCUT2D eigenvalue weighted by Crippen LogP contribution is -2.23. The molecule has 0 radical (unpaired) electrons. The van der Waals surface area contributed by atoms with Gasteiger partial charge in [-0.25, -0.2) is 4.79 Å². The minimum Gasteiger partial charge on any atom is -0.383 e. The number of azo groups is 1. The van der Waals surface area contributed by atoms with Gasteiger partial charge in [-0.3, -0.25) is 14.8 Å². The van der Waals surface area contributed by atoms with Gasteiger partial charge in [-0.1, -0.05) is 12.1 Å². The highest BCUT2D eigenvalue weighted by molar-refractivity contribution is 5.55. The number of nitrogens with one attached hydrogen (secondary N) is 2. The van der Waals surface area contributed by atoms with Crippen LogP contribution in [0.2, 0.25) is 0 Å². The number of rotatable bonds is 2. The third-order valence-electron chi connectivity index (χ3n) is 2.41. The molecule has 1 aromatic heterocycles. The zero-order valence-electron chi connectivity index (χ0n) is 10.2. The van der Waals surface area contributed by atoms with Gasteiger partial charge in [0.25, 0.3) is 5.56 Å². The number of halogens is 3. The molecule has 4 N–H and O–H groups in total. The van der Waals surface area contributed by atoms with E-state index in [9.17, 15) is 22.8 Å². The highest BCUT2D eigenvalue weighted by Gasteiger charge is 2.33. The van der Waals surface area contributed by atoms with Gasteiger partial charge in [0, 0.05) is 0 Å². The second kappa shape index (κ2) is 5.23. The molecule has 110 valence electrons. The highest BCUT2D eigenvalue weighted by Crippen LogP contribution is 2.36. The van der Waals surface area contributed by atoms with E-state index in [1.165, 1.54) is 12.1 Å². The van der Waals surface area contributed by atoms with E-state index < -0.39 is 40.2 Å². The Morgan fingerprint density at radius 3 is 2.33 bits per heavy atom. The molecule has 0 aliphatic rings. The summed E-state index contributed by atoms with van der Waals surface area (Å²) in [4.78, 5) is 26.2. The Morgan fingerprint density at radius 2 is 1.71 bits per heavy atom. The van der Waals surface area contributed by atoms with Crippen LogP contribution in [0.5, 0.6) is 0 Å². The number of aromatic nitrogens is 2. The number of H-pyrrole nitrogens is 2. The number of anilines is 1. The number of aromatic amines is 2. The van der Waals surface area contributed by atoms with Crippen molar-refractivity contribution in [1.82, 2.24) is 9.97 Å². The molecule has 2 aromatic rings. The normalized spacial score (nSPS) is 12.0. The maximum atomic E-state index is 12.7. The summed E-state index contributed by atoms with van der Waals surface area (Å²) >= 11 is 0. The minimum atomic E-state index is -4.61. The van der Waals surface area contributed by atoms with E-state index in [0.29, 0.717) is 0 Å². The Bertz CT molecular complexity index is 806. The van der Waals surface area contributed by atoms with Crippen LogP contribution in [-0.2, 0) is 6.18 Å². The second-order valence-electron chi connectivity index (χ2n) is 3.89. The van der Waals surface area contributed by atoms with Crippen LogP contribution in [0.15, 0.2) is 44.1 Å². The Balaban J connectivity index is 2.49. The molecule has 0 amide bonds. The predicted molar refractivity (Wildman–Crippen MR) is 67.7 cm³/mol. The van der Waals surface area contributed by atoms with E-state index in [0.717, 1.165) is 12.1 Å². The molecule has 0 saturated heterocycles. The molecule has 0 unspecified atom stereocenters. The van der Waals surface area contributed by atoms with Gasteiger partial charge in [0.2, 0.25) is 0 Å². The van der Waals surface area contributed by atoms with Crippen LogP contribution in [-0.4, -0.2) is 9.97 Å². The number of hydrogen-bond donors (Lipinski definition) is 3. The van der Waals surface area contributed by atoms with Gasteiger partial charge in [0.05, 0.1) is 11.3 Å². The molecular formula is C11H8F3N5O2. The van der Waals surface area contributed by atoms with Crippen molar-refractivity contribution in [3.8, 4) is 0 Å². The molecule has 21 heavy (non-hydrogen) atoms. The maximum absolute atomic E-state index is 12.7. The van der Waals surface area contributed by atoms with Crippen molar-refractivity contribution < 1.29 is 13.2 Å². The van der Waals surface area contributed by atoms with Gasteiger partial charge in [-0.2, -0.15) is 13.2 Å². The Morgan fingerprint density at radius 1 is 1.05 bits per heavy atom. The fourth-order valence-electron chi connectivity index (χ4n) is 1.50. The van der Waals surface area contributed by atoms with Crippen LogP contribution in [0.4, 0.5) is 30.4 Å². The molecule has 2 rings (SSSR count). The van der Waals surface area contributed by atoms with Crippen molar-refractivity contribution in [1.29, 1.82) is 0 Å². The number of nitrogens with zero attached hydrogens (tertiary/aromatic N) is 2. The Kier molecular flexibility index (Phi) is 3.61. The topological polar surface area (TPSA) is 116 Å². The first-order chi connectivity index (χ1) is 9.79. The van der Waals surface area contributed by atoms with Crippen molar-refractivity contribution in [3.63, 3.8) is 0 Å². The fourth-order valence-corrected chi connectivity index (χ4v) is 1.50. The van der Waals surface area contributed by atoms with E-state index in [2.05, 4.69) is 15.2 Å². The average Bonchev–Trinajstić information content (AvgIpc) is 2.36. The van der Waals surface area contributed by atoms with Crippen molar-refractivity contribution >= 4 is 17.2 Å². The van der Waals surface area contributed by atoms with Crippen LogP contribution in [0.1, 0.15) is 5.56 Å². The van der Waals surface area contributed by atoms with Gasteiger partial charge in [-0.15, -0.1) is 10.2 Å². The smallest absolute Gasteiger partial charge is 0.383 e. The molecular weight excluding hydrogens is 291 g/mol. The molecule has 0 saturated carbocycles. The third-order valence-corrected chi connectivity index (χ3v) is 2.41. The van der Waals surface area contributed by atoms with Crippen molar-refractivity contribution in [2.45, 2.75) is 6.18 Å². The number of nitrogen functional groups attached to an aromatic ring is 1. The number of nitrogens with two attached hydrogens (primary N) is 1. The predicted octanol–water partition coefficient (Wildman–Crippen LogP) is 2.08. The summed E-state index contributed by atoms with van der Waals surface area (Å²) in [6, 6.07) is 4.45. The molecule has 0 atom stereocenters. The lowest BCUT2D eigenvalue weighted by atomic mass is 10.2. The summed E-state index contributed by atoms with van der Waals surface area (Å²) in [5, 5.41) is 6.75. The minimum absolute atomic E-state index is 0.392. The molecule has 0 fully saturated rings. The highest BCUT2D eigenvalue weighted by atomic mass is 19.4. The first-order valence-corrected chi connectivity index (χ1v) is 5.49. The molecule has 0 aliphatic carbocycles. The quantitative estimate of drug-likeness (QED) is 0.737. The van der Waals surface area contributed by atoms with Crippen molar-refractivity contribution in [3.05, 3.63) is 50.7 Å². The third kappa shape index (κ3) is 3.16. The molecule has 1 heterocycles. The lowest BCUT2D eigenvalue weighted by Gasteiger charge is -2.08. The van der Waals surface area contributed by atoms with E-state index >= 15 is 0 Å². The summed E-state index contributed by atoms with van der Waals surface area (Å²) in [5.41, 5.74) is 1.59. The SMILES string of the molecule is Nc1[nH]c(=O)[nH]c(=O)c1N=Nc1ccccc1C(F)(F)F. The monoisotopic (exact) mass is 299 g/mol. The van der Waals surface area contributed by atoms with E-state index in [1.54, 1.807) is 0 Å². The molecule has 7 nitrogen and oxygen atoms in total. The number of alkyl halides is 3. The largest absolute Gasteiger partial charge is 0.418 e. The van der Waals surface area contributed by atoms with Crippen LogP contribution in [0.25, 0.3) is 0 Å². The second-order valence-corrected chi connectivity index (χ2v) is 3.89. The number of benzene rings is 1. The van der Waals surface area contributed by atoms with Crippen molar-refractivity contribution in [2.24, 2.45) is 10.2 Å². The fraction of sp³-hybridized carbons (Fsp3) is 0.0909. The molecule has 10 heteroatoms. The molecule has 0 aliphatic heterocycles. The first-order valence-electron chi connectivity index (χ1n) is 5.49. The molecule has 1 aromatic carbocycles. The summed E-state index contributed by atoms with van der Waals surface area (Å²) < 4.78 is 38.2. The van der Waals surface area contributed by atoms with E-state index in [4.69, 9.17) is 5.73 Å². The van der Waals surface area contributed by atoms with Crippen LogP contribution in [0, 0.1) is 0 Å². The standard InChI is InChI=1S/C11H8F3N5O2/c12-11(13,14)5-3-1-2-4-6(5)18-19-7-8(15)16-10(21)17-9(7)20/h1-4H,(H4,15,16,17,20,21). The van der Waals surface area contributed by atoms with Crippen LogP contribution < -0.4 is 17.0 Å². The first kappa shape index (κ1) is 14.5.